The zero-order chi connectivity index (χ0) is 17.1. The Bertz CT molecular complexity index is 877. The highest BCUT2D eigenvalue weighted by atomic mass is 16.6. The molecule has 0 aliphatic heterocycles. The first-order chi connectivity index (χ1) is 10.9. The van der Waals surface area contributed by atoms with E-state index >= 15 is 0 Å². The molecule has 2 aromatic rings. The Kier molecular flexibility index (Phi) is 4.42. The van der Waals surface area contributed by atoms with Crippen molar-refractivity contribution >= 4 is 28.5 Å². The lowest BCUT2D eigenvalue weighted by Gasteiger charge is -2.16. The summed E-state index contributed by atoms with van der Waals surface area (Å²) in [7, 11) is 0. The molecule has 0 saturated heterocycles. The number of nitrogens with zero attached hydrogens (tertiary/aromatic N) is 1. The van der Waals surface area contributed by atoms with Crippen molar-refractivity contribution in [1.29, 1.82) is 5.26 Å². The highest BCUT2D eigenvalue weighted by Gasteiger charge is 2.26. The molecular weight excluding hydrogens is 298 g/mol. The fraction of sp³-hybridized carbons (Fsp3) is 0.176. The van der Waals surface area contributed by atoms with Crippen LogP contribution in [0.4, 0.5) is 0 Å². The molecule has 0 atom stereocenters. The summed E-state index contributed by atoms with van der Waals surface area (Å²) in [4.78, 5) is 34.8. The van der Waals surface area contributed by atoms with Crippen LogP contribution in [0.1, 0.15) is 36.7 Å². The summed E-state index contributed by atoms with van der Waals surface area (Å²) < 4.78 is 10.3. The number of ketones is 1. The predicted molar refractivity (Wildman–Crippen MR) is 81.3 cm³/mol. The zero-order valence-corrected chi connectivity index (χ0v) is 12.8. The lowest BCUT2D eigenvalue weighted by molar-refractivity contribution is -0.134. The maximum Gasteiger partial charge on any atom is 0.308 e. The smallest absolute Gasteiger partial charge is 0.308 e. The number of benzene rings is 2. The maximum absolute atomic E-state index is 12.0. The van der Waals surface area contributed by atoms with Crippen molar-refractivity contribution in [3.8, 4) is 17.6 Å². The van der Waals surface area contributed by atoms with Crippen LogP contribution >= 0.6 is 0 Å². The third kappa shape index (κ3) is 3.04. The minimum atomic E-state index is -0.694. The van der Waals surface area contributed by atoms with Gasteiger partial charge < -0.3 is 9.47 Å². The molecular formula is C17H13NO5. The van der Waals surface area contributed by atoms with Crippen LogP contribution in [0.3, 0.4) is 0 Å². The van der Waals surface area contributed by atoms with Gasteiger partial charge in [-0.05, 0) is 6.92 Å². The maximum atomic E-state index is 12.0. The number of fused-ring (bicyclic) bond motifs is 1. The first-order valence-corrected chi connectivity index (χ1v) is 6.73. The normalized spacial score (nSPS) is 10.0. The van der Waals surface area contributed by atoms with E-state index in [0.29, 0.717) is 10.8 Å². The van der Waals surface area contributed by atoms with E-state index in [1.165, 1.54) is 13.8 Å². The minimum Gasteiger partial charge on any atom is -0.422 e. The summed E-state index contributed by atoms with van der Waals surface area (Å²) in [6.07, 6.45) is 0. The topological polar surface area (TPSA) is 93.5 Å². The highest BCUT2D eigenvalue weighted by molar-refractivity contribution is 6.09. The second kappa shape index (κ2) is 6.28. The number of carbonyl (C=O) groups excluding carboxylic acids is 3. The average Bonchev–Trinajstić information content (AvgIpc) is 2.47. The molecule has 0 spiro atoms. The molecule has 0 aromatic heterocycles. The number of carbonyl (C=O) groups is 3. The van der Waals surface area contributed by atoms with Gasteiger partial charge in [-0.1, -0.05) is 24.3 Å². The molecule has 6 heteroatoms. The van der Waals surface area contributed by atoms with Crippen molar-refractivity contribution in [2.24, 2.45) is 0 Å². The quantitative estimate of drug-likeness (QED) is 0.491. The Hall–Kier alpha value is -3.20. The Morgan fingerprint density at radius 2 is 1.43 bits per heavy atom. The summed E-state index contributed by atoms with van der Waals surface area (Å²) >= 11 is 0. The van der Waals surface area contributed by atoms with Crippen LogP contribution in [0.5, 0.6) is 11.5 Å². The van der Waals surface area contributed by atoms with Crippen molar-refractivity contribution in [2.45, 2.75) is 20.8 Å². The Morgan fingerprint density at radius 3 is 1.91 bits per heavy atom. The lowest BCUT2D eigenvalue weighted by Crippen LogP contribution is -2.12. The van der Waals surface area contributed by atoms with Gasteiger partial charge in [-0.15, -0.1) is 0 Å². The molecule has 0 aliphatic carbocycles. The van der Waals surface area contributed by atoms with Crippen LogP contribution in [0, 0.1) is 11.3 Å². The molecule has 0 N–H and O–H groups in total. The van der Waals surface area contributed by atoms with Gasteiger partial charge >= 0.3 is 11.9 Å². The van der Waals surface area contributed by atoms with Crippen LogP contribution in [0.15, 0.2) is 24.3 Å². The Balaban J connectivity index is 3.03. The number of nitriles is 1. The largest absolute Gasteiger partial charge is 0.422 e. The van der Waals surface area contributed by atoms with Crippen LogP contribution in [-0.4, -0.2) is 17.7 Å². The van der Waals surface area contributed by atoms with Gasteiger partial charge in [0.2, 0.25) is 0 Å². The van der Waals surface area contributed by atoms with E-state index in [1.54, 1.807) is 24.3 Å². The summed E-state index contributed by atoms with van der Waals surface area (Å²) in [5, 5.41) is 10.3. The summed E-state index contributed by atoms with van der Waals surface area (Å²) in [5.41, 5.74) is -0.0158. The average molecular weight is 311 g/mol. The fourth-order valence-corrected chi connectivity index (χ4v) is 2.32. The van der Waals surface area contributed by atoms with Gasteiger partial charge in [0, 0.05) is 24.6 Å². The molecule has 0 radical (unpaired) electrons. The molecule has 0 bridgehead atoms. The first kappa shape index (κ1) is 16.2. The number of hydrogen-bond donors (Lipinski definition) is 0. The molecule has 0 fully saturated rings. The molecule has 0 amide bonds. The van der Waals surface area contributed by atoms with Crippen LogP contribution in [-0.2, 0) is 9.59 Å². The van der Waals surface area contributed by atoms with Crippen molar-refractivity contribution in [1.82, 2.24) is 0 Å². The molecule has 116 valence electrons. The van der Waals surface area contributed by atoms with E-state index < -0.39 is 17.7 Å². The standard InChI is InChI=1S/C17H13NO5/c1-9(19)15-14(8-18)12-6-4-5-7-13(12)16(22-10(2)20)17(15)23-11(3)21/h4-7H,1-3H3. The molecule has 0 saturated carbocycles. The Morgan fingerprint density at radius 1 is 0.913 bits per heavy atom. The van der Waals surface area contributed by atoms with E-state index in [9.17, 15) is 19.6 Å². The van der Waals surface area contributed by atoms with Gasteiger partial charge in [-0.3, -0.25) is 14.4 Å². The second-order valence-electron chi connectivity index (χ2n) is 4.81. The van der Waals surface area contributed by atoms with E-state index in [2.05, 4.69) is 0 Å². The Labute approximate surface area is 132 Å². The second-order valence-corrected chi connectivity index (χ2v) is 4.81. The third-order valence-electron chi connectivity index (χ3n) is 3.08. The van der Waals surface area contributed by atoms with Gasteiger partial charge in [0.15, 0.2) is 17.3 Å². The highest BCUT2D eigenvalue weighted by Crippen LogP contribution is 2.42. The summed E-state index contributed by atoms with van der Waals surface area (Å²) in [6, 6.07) is 8.58. The van der Waals surface area contributed by atoms with Crippen molar-refractivity contribution in [2.75, 3.05) is 0 Å². The van der Waals surface area contributed by atoms with Gasteiger partial charge in [0.05, 0.1) is 11.1 Å². The van der Waals surface area contributed by atoms with Crippen molar-refractivity contribution in [3.05, 3.63) is 35.4 Å². The van der Waals surface area contributed by atoms with Gasteiger partial charge in [0.1, 0.15) is 6.07 Å². The van der Waals surface area contributed by atoms with E-state index in [4.69, 9.17) is 9.47 Å². The first-order valence-electron chi connectivity index (χ1n) is 6.73. The van der Waals surface area contributed by atoms with Gasteiger partial charge in [0.25, 0.3) is 0 Å². The SMILES string of the molecule is CC(=O)Oc1c(C(C)=O)c(C#N)c2ccccc2c1OC(C)=O. The molecule has 6 nitrogen and oxygen atoms in total. The monoisotopic (exact) mass is 311 g/mol. The van der Waals surface area contributed by atoms with Crippen LogP contribution < -0.4 is 9.47 Å². The van der Waals surface area contributed by atoms with Crippen molar-refractivity contribution < 1.29 is 23.9 Å². The fourth-order valence-electron chi connectivity index (χ4n) is 2.32. The number of hydrogen-bond acceptors (Lipinski definition) is 6. The minimum absolute atomic E-state index is 0.0486. The molecule has 0 unspecified atom stereocenters. The number of ether oxygens (including phenoxy) is 2. The zero-order valence-electron chi connectivity index (χ0n) is 12.8. The van der Waals surface area contributed by atoms with Gasteiger partial charge in [-0.2, -0.15) is 5.26 Å². The number of rotatable bonds is 3. The number of Topliss-reactive ketones (excluding diaryl/α,β-unsaturated/α-hetero) is 1. The molecule has 0 heterocycles. The lowest BCUT2D eigenvalue weighted by atomic mass is 9.95. The molecule has 0 aliphatic rings. The van der Waals surface area contributed by atoms with E-state index in [1.807, 2.05) is 6.07 Å². The molecule has 2 aromatic carbocycles. The van der Waals surface area contributed by atoms with Crippen LogP contribution in [0.25, 0.3) is 10.8 Å². The van der Waals surface area contributed by atoms with E-state index in [-0.39, 0.29) is 22.6 Å². The third-order valence-corrected chi connectivity index (χ3v) is 3.08. The summed E-state index contributed by atoms with van der Waals surface area (Å²) in [5.74, 6) is -2.07. The van der Waals surface area contributed by atoms with Crippen LogP contribution in [0.2, 0.25) is 0 Å². The summed E-state index contributed by atoms with van der Waals surface area (Å²) in [6.45, 7) is 3.59. The number of esters is 2. The van der Waals surface area contributed by atoms with E-state index in [0.717, 1.165) is 6.92 Å². The molecule has 2 rings (SSSR count). The van der Waals surface area contributed by atoms with Crippen molar-refractivity contribution in [3.63, 3.8) is 0 Å². The molecule has 23 heavy (non-hydrogen) atoms. The predicted octanol–water partition coefficient (Wildman–Crippen LogP) is 2.76. The van der Waals surface area contributed by atoms with Gasteiger partial charge in [-0.25, -0.2) is 0 Å².